The lowest BCUT2D eigenvalue weighted by Crippen LogP contribution is -2.34. The van der Waals surface area contributed by atoms with E-state index in [1.165, 1.54) is 0 Å². The number of anilines is 1. The number of rotatable bonds is 12. The summed E-state index contributed by atoms with van der Waals surface area (Å²) in [5, 5.41) is 7.16. The molecule has 11 nitrogen and oxygen atoms in total. The summed E-state index contributed by atoms with van der Waals surface area (Å²) in [7, 11) is 8.97. The largest absolute Gasteiger partial charge is 0.496 e. The molecule has 0 saturated heterocycles. The summed E-state index contributed by atoms with van der Waals surface area (Å²) in [4.78, 5) is 31.1. The van der Waals surface area contributed by atoms with Gasteiger partial charge in [0.15, 0.2) is 0 Å². The maximum Gasteiger partial charge on any atom is 0.407 e. The van der Waals surface area contributed by atoms with Crippen LogP contribution >= 0.6 is 0 Å². The fourth-order valence-corrected chi connectivity index (χ4v) is 4.19. The third-order valence-corrected chi connectivity index (χ3v) is 5.93. The van der Waals surface area contributed by atoms with Gasteiger partial charge in [-0.05, 0) is 58.6 Å². The molecule has 1 amide bonds. The van der Waals surface area contributed by atoms with E-state index in [1.54, 1.807) is 32.0 Å². The Kier molecular flexibility index (Phi) is 10.4. The molecule has 0 bridgehead atoms. The van der Waals surface area contributed by atoms with Crippen LogP contribution < -0.4 is 25.7 Å². The first kappa shape index (κ1) is 30.7. The van der Waals surface area contributed by atoms with Gasteiger partial charge in [0.1, 0.15) is 22.9 Å². The van der Waals surface area contributed by atoms with Crippen molar-refractivity contribution in [2.24, 2.45) is 7.05 Å². The quantitative estimate of drug-likeness (QED) is 0.323. The van der Waals surface area contributed by atoms with Crippen molar-refractivity contribution >= 4 is 22.7 Å². The second kappa shape index (κ2) is 13.5. The number of pyridine rings is 2. The van der Waals surface area contributed by atoms with Gasteiger partial charge < -0.3 is 39.0 Å². The summed E-state index contributed by atoms with van der Waals surface area (Å²) < 4.78 is 23.8. The van der Waals surface area contributed by atoms with E-state index in [1.807, 2.05) is 64.2 Å². The number of carbonyl (C=O) groups excluding carboxylic acids is 1. The van der Waals surface area contributed by atoms with Gasteiger partial charge in [-0.15, -0.1) is 0 Å². The molecule has 0 radical (unpaired) electrons. The van der Waals surface area contributed by atoms with Crippen LogP contribution in [0, 0.1) is 0 Å². The van der Waals surface area contributed by atoms with E-state index in [4.69, 9.17) is 18.9 Å². The standard InChI is InChI=1S/C29H41N5O6/c1-29(2,3)40-28(36)31-10-12-39-11-9-30-26-15-20-21(16-32-26)27(35)34(6)18-22(20)19-13-24(37-7)23(17-33(4)5)25(14-19)38-8/h13-16,18H,9-12,17H2,1-8H3,(H,30,32)(H,31,36). The van der Waals surface area contributed by atoms with E-state index in [2.05, 4.69) is 15.6 Å². The van der Waals surface area contributed by atoms with Crippen molar-refractivity contribution in [2.45, 2.75) is 32.9 Å². The number of carbonyl (C=O) groups is 1. The molecule has 0 spiro atoms. The van der Waals surface area contributed by atoms with Gasteiger partial charge in [-0.1, -0.05) is 0 Å². The summed E-state index contributed by atoms with van der Waals surface area (Å²) in [5.41, 5.74) is 1.97. The number of alkyl carbamates (subject to hydrolysis) is 1. The second-order valence-electron chi connectivity index (χ2n) is 10.6. The molecule has 0 saturated carbocycles. The van der Waals surface area contributed by atoms with Crippen LogP contribution in [0.25, 0.3) is 21.9 Å². The third-order valence-electron chi connectivity index (χ3n) is 5.93. The Hall–Kier alpha value is -3.83. The minimum absolute atomic E-state index is 0.137. The minimum atomic E-state index is -0.542. The molecule has 2 N–H and O–H groups in total. The van der Waals surface area contributed by atoms with Crippen LogP contribution in [0.15, 0.2) is 35.4 Å². The molecule has 40 heavy (non-hydrogen) atoms. The number of nitrogens with one attached hydrogen (secondary N) is 2. The molecular formula is C29H41N5O6. The van der Waals surface area contributed by atoms with Crippen molar-refractivity contribution in [1.82, 2.24) is 19.8 Å². The van der Waals surface area contributed by atoms with E-state index in [0.717, 1.165) is 22.1 Å². The van der Waals surface area contributed by atoms with Gasteiger partial charge in [-0.25, -0.2) is 9.78 Å². The minimum Gasteiger partial charge on any atom is -0.496 e. The topological polar surface area (TPSA) is 116 Å². The Morgan fingerprint density at radius 2 is 1.68 bits per heavy atom. The smallest absolute Gasteiger partial charge is 0.407 e. The van der Waals surface area contributed by atoms with Crippen LogP contribution in [0.2, 0.25) is 0 Å². The maximum absolute atomic E-state index is 12.9. The van der Waals surface area contributed by atoms with Gasteiger partial charge >= 0.3 is 6.09 Å². The number of methoxy groups -OCH3 is 2. The van der Waals surface area contributed by atoms with Crippen molar-refractivity contribution in [3.05, 3.63) is 46.5 Å². The first-order chi connectivity index (χ1) is 18.9. The first-order valence-corrected chi connectivity index (χ1v) is 13.1. The molecule has 0 fully saturated rings. The van der Waals surface area contributed by atoms with Crippen molar-refractivity contribution in [3.63, 3.8) is 0 Å². The normalized spacial score (nSPS) is 11.5. The predicted molar refractivity (Wildman–Crippen MR) is 156 cm³/mol. The Balaban J connectivity index is 1.77. The van der Waals surface area contributed by atoms with Gasteiger partial charge in [-0.2, -0.15) is 0 Å². The monoisotopic (exact) mass is 555 g/mol. The van der Waals surface area contributed by atoms with Crippen LogP contribution in [0.4, 0.5) is 10.6 Å². The van der Waals surface area contributed by atoms with Crippen LogP contribution in [-0.4, -0.2) is 80.8 Å². The fraction of sp³-hybridized carbons (Fsp3) is 0.483. The third kappa shape index (κ3) is 8.09. The van der Waals surface area contributed by atoms with Gasteiger partial charge in [0.25, 0.3) is 5.56 Å². The summed E-state index contributed by atoms with van der Waals surface area (Å²) in [6.45, 7) is 7.67. The molecule has 218 valence electrons. The Morgan fingerprint density at radius 3 is 2.27 bits per heavy atom. The van der Waals surface area contributed by atoms with Crippen molar-refractivity contribution in [2.75, 3.05) is 59.9 Å². The number of benzene rings is 1. The molecule has 0 aliphatic carbocycles. The number of amides is 1. The van der Waals surface area contributed by atoms with Gasteiger partial charge in [0.05, 0.1) is 38.4 Å². The number of aromatic nitrogens is 2. The SMILES string of the molecule is COc1cc(-c2cn(C)c(=O)c3cnc(NCCOCCNC(=O)OC(C)(C)C)cc23)cc(OC)c1CN(C)C. The number of aryl methyl sites for hydroxylation is 1. The Morgan fingerprint density at radius 1 is 1.02 bits per heavy atom. The van der Waals surface area contributed by atoms with Gasteiger partial charge in [0.2, 0.25) is 0 Å². The maximum atomic E-state index is 12.9. The summed E-state index contributed by atoms with van der Waals surface area (Å²) in [5.74, 6) is 2.02. The van der Waals surface area contributed by atoms with Crippen LogP contribution in [0.3, 0.4) is 0 Å². The zero-order valence-electron chi connectivity index (χ0n) is 24.7. The number of hydrogen-bond acceptors (Lipinski definition) is 9. The average Bonchev–Trinajstić information content (AvgIpc) is 2.88. The molecule has 0 atom stereocenters. The van der Waals surface area contributed by atoms with Crippen molar-refractivity contribution in [1.29, 1.82) is 0 Å². The number of ether oxygens (including phenoxy) is 4. The first-order valence-electron chi connectivity index (χ1n) is 13.1. The van der Waals surface area contributed by atoms with Crippen LogP contribution in [-0.2, 0) is 23.1 Å². The summed E-state index contributed by atoms with van der Waals surface area (Å²) in [6, 6.07) is 5.80. The molecule has 0 aliphatic rings. The van der Waals surface area contributed by atoms with Crippen molar-refractivity contribution in [3.8, 4) is 22.6 Å². The summed E-state index contributed by atoms with van der Waals surface area (Å²) in [6.07, 6.45) is 2.93. The summed E-state index contributed by atoms with van der Waals surface area (Å²) >= 11 is 0. The number of hydrogen-bond donors (Lipinski definition) is 2. The van der Waals surface area contributed by atoms with E-state index < -0.39 is 11.7 Å². The van der Waals surface area contributed by atoms with Crippen molar-refractivity contribution < 1.29 is 23.7 Å². The van der Waals surface area contributed by atoms with Gasteiger partial charge in [-0.3, -0.25) is 4.79 Å². The lowest BCUT2D eigenvalue weighted by atomic mass is 9.98. The Bertz CT molecular complexity index is 1350. The molecule has 3 aromatic rings. The zero-order valence-corrected chi connectivity index (χ0v) is 24.7. The molecule has 0 aliphatic heterocycles. The van der Waals surface area contributed by atoms with Gasteiger partial charge in [0, 0.05) is 50.0 Å². The highest BCUT2D eigenvalue weighted by Gasteiger charge is 2.18. The van der Waals surface area contributed by atoms with E-state index in [-0.39, 0.29) is 5.56 Å². The molecule has 0 unspecified atom stereocenters. The molecule has 3 rings (SSSR count). The molecule has 2 heterocycles. The lowest BCUT2D eigenvalue weighted by Gasteiger charge is -2.19. The molecule has 11 heteroatoms. The molecule has 1 aromatic carbocycles. The van der Waals surface area contributed by atoms with Crippen LogP contribution in [0.5, 0.6) is 11.5 Å². The molecular weight excluding hydrogens is 514 g/mol. The van der Waals surface area contributed by atoms with E-state index in [9.17, 15) is 9.59 Å². The highest BCUT2D eigenvalue weighted by molar-refractivity contribution is 5.97. The highest BCUT2D eigenvalue weighted by atomic mass is 16.6. The predicted octanol–water partition coefficient (Wildman–Crippen LogP) is 3.63. The number of nitrogens with zero attached hydrogens (tertiary/aromatic N) is 3. The molecule has 2 aromatic heterocycles. The zero-order chi connectivity index (χ0) is 29.4. The van der Waals surface area contributed by atoms with Crippen LogP contribution in [0.1, 0.15) is 26.3 Å². The Labute approximate surface area is 235 Å². The fourth-order valence-electron chi connectivity index (χ4n) is 4.19. The van der Waals surface area contributed by atoms with E-state index in [0.29, 0.717) is 55.6 Å². The number of fused-ring (bicyclic) bond motifs is 1. The highest BCUT2D eigenvalue weighted by Crippen LogP contribution is 2.38. The second-order valence-corrected chi connectivity index (χ2v) is 10.6. The lowest BCUT2D eigenvalue weighted by molar-refractivity contribution is 0.0502. The van der Waals surface area contributed by atoms with E-state index >= 15 is 0 Å². The average molecular weight is 556 g/mol.